The van der Waals surface area contributed by atoms with Crippen molar-refractivity contribution in [2.45, 2.75) is 212 Å². The summed E-state index contributed by atoms with van der Waals surface area (Å²) >= 11 is 0. The Balaban J connectivity index is 0.479. The molecule has 6 aliphatic heterocycles. The molecular formula is C93H124N18O14. The van der Waals surface area contributed by atoms with E-state index in [2.05, 4.69) is 91.0 Å². The summed E-state index contributed by atoms with van der Waals surface area (Å²) < 4.78 is 44.4. The van der Waals surface area contributed by atoms with E-state index in [0.29, 0.717) is 173 Å². The first-order valence-electron chi connectivity index (χ1n) is 44.9. The number of fused-ring (bicyclic) bond motifs is 6. The zero-order chi connectivity index (χ0) is 87.6. The highest BCUT2D eigenvalue weighted by atomic mass is 16.6. The number of Topliss-reactive ketones (excluding diaryl/α,β-unsaturated/α-hetero) is 2. The van der Waals surface area contributed by atoms with Crippen molar-refractivity contribution in [3.63, 3.8) is 0 Å². The van der Waals surface area contributed by atoms with Gasteiger partial charge in [0.15, 0.2) is 11.2 Å². The molecule has 10 atom stereocenters. The first kappa shape index (κ1) is 90.8. The van der Waals surface area contributed by atoms with Crippen LogP contribution in [0.2, 0.25) is 0 Å². The number of nitrogen functional groups attached to an aromatic ring is 2. The molecule has 670 valence electrons. The van der Waals surface area contributed by atoms with Gasteiger partial charge in [-0.15, -0.1) is 0 Å². The summed E-state index contributed by atoms with van der Waals surface area (Å²) in [5.74, 6) is -0.615. The molecule has 14 rings (SSSR count). The zero-order valence-electron chi connectivity index (χ0n) is 73.4. The lowest BCUT2D eigenvalue weighted by molar-refractivity contribution is -0.168. The number of ether oxygens (including phenoxy) is 6. The molecular weight excluding hydrogens is 1590 g/mol. The average Bonchev–Trinajstić information content (AvgIpc) is 1.62. The Morgan fingerprint density at radius 1 is 0.704 bits per heavy atom. The SMILES string of the molecule is CO[C@H]1CC2CCCC(O2)C(=O)C(=O)N2CCCC[C@H]2C(=O)O[C@H](CCC2CCC(OC(=O)NCc3cnc(N4CCN(CCOCCN5CCN(c6ncc(C(=O)N7CCc8cc(Cn9nc(-c%10ccc%11oc(N)nc%11c%10)c%10c(N)ncnc%109)ccc8C7)cn6)CC5)CC4)nc3)CC2)C[C@@H](OC)[C@H](C)/C=C(\C)[C@@H](O)CC(=O)[C@H](C)C[C@H](C)/C=C/C=CC=C1C. The number of aromatic nitrogens is 9. The number of nitrogens with two attached hydrogens (primary N) is 2. The normalized spacial score (nSPS) is 26.2. The summed E-state index contributed by atoms with van der Waals surface area (Å²) in [6.07, 6.45) is 25.5. The number of alkyl carbamates (subject to hydrolysis) is 1. The number of nitrogens with one attached hydrogen (secondary N) is 1. The van der Waals surface area contributed by atoms with E-state index < -0.39 is 54.2 Å². The number of amides is 3. The number of carbonyl (C=O) groups is 6. The van der Waals surface area contributed by atoms with Crippen LogP contribution in [0.3, 0.4) is 0 Å². The van der Waals surface area contributed by atoms with Crippen LogP contribution in [-0.2, 0) is 73.7 Å². The second-order valence-electron chi connectivity index (χ2n) is 35.0. The molecule has 0 spiro atoms. The van der Waals surface area contributed by atoms with Gasteiger partial charge in [0.2, 0.25) is 17.7 Å². The topological polar surface area (TPSA) is 383 Å². The number of benzene rings is 2. The Bertz CT molecular complexity index is 4970. The van der Waals surface area contributed by atoms with Gasteiger partial charge in [-0.2, -0.15) is 10.1 Å². The van der Waals surface area contributed by atoms with Crippen molar-refractivity contribution in [1.29, 1.82) is 0 Å². The average molecular weight is 1720 g/mol. The smallest absolute Gasteiger partial charge is 0.407 e. The summed E-state index contributed by atoms with van der Waals surface area (Å²) in [4.78, 5) is 128. The highest BCUT2D eigenvalue weighted by Crippen LogP contribution is 2.37. The molecule has 11 heterocycles. The second kappa shape index (κ2) is 43.1. The molecule has 2 aromatic carbocycles. The van der Waals surface area contributed by atoms with Gasteiger partial charge in [0.1, 0.15) is 53.5 Å². The van der Waals surface area contributed by atoms with Crippen LogP contribution in [0.1, 0.15) is 170 Å². The lowest BCUT2D eigenvalue weighted by atomic mass is 9.83. The van der Waals surface area contributed by atoms with E-state index in [1.165, 1.54) is 16.8 Å². The summed E-state index contributed by atoms with van der Waals surface area (Å²) in [7, 11) is 3.27. The Labute approximate surface area is 731 Å². The Morgan fingerprint density at radius 2 is 1.43 bits per heavy atom. The summed E-state index contributed by atoms with van der Waals surface area (Å²) in [5.41, 5.74) is 21.6. The lowest BCUT2D eigenvalue weighted by Gasteiger charge is -2.37. The number of piperazine rings is 2. The summed E-state index contributed by atoms with van der Waals surface area (Å²) in [6, 6.07) is 11.0. The van der Waals surface area contributed by atoms with E-state index in [4.69, 9.17) is 49.4 Å². The minimum Gasteiger partial charge on any atom is -0.461 e. The van der Waals surface area contributed by atoms with E-state index in [9.17, 15) is 33.9 Å². The van der Waals surface area contributed by atoms with Crippen LogP contribution >= 0.6 is 0 Å². The van der Waals surface area contributed by atoms with E-state index in [-0.39, 0.29) is 79.2 Å². The van der Waals surface area contributed by atoms with Crippen LogP contribution in [0.4, 0.5) is 28.5 Å². The summed E-state index contributed by atoms with van der Waals surface area (Å²) in [6.45, 7) is 21.1. The molecule has 32 nitrogen and oxygen atoms in total. The van der Waals surface area contributed by atoms with Gasteiger partial charge < -0.3 is 74.3 Å². The molecule has 5 fully saturated rings. The molecule has 0 radical (unpaired) electrons. The van der Waals surface area contributed by atoms with Gasteiger partial charge in [-0.1, -0.05) is 75.4 Å². The van der Waals surface area contributed by atoms with E-state index in [0.717, 1.165) is 113 Å². The first-order valence-corrected chi connectivity index (χ1v) is 44.9. The number of ketones is 2. The number of carbonyl (C=O) groups excluding carboxylic acids is 6. The van der Waals surface area contributed by atoms with Gasteiger partial charge >= 0.3 is 12.1 Å². The maximum absolute atomic E-state index is 14.6. The number of aliphatic hydroxyl groups is 1. The number of oxazole rings is 1. The number of hydrogen-bond donors (Lipinski definition) is 4. The Hall–Kier alpha value is -10.5. The van der Waals surface area contributed by atoms with Crippen LogP contribution in [0, 0.1) is 23.7 Å². The largest absolute Gasteiger partial charge is 0.461 e. The molecule has 7 aromatic rings. The number of aliphatic hydroxyl groups excluding tert-OH is 1. The third-order valence-electron chi connectivity index (χ3n) is 26.1. The predicted molar refractivity (Wildman–Crippen MR) is 473 cm³/mol. The lowest BCUT2D eigenvalue weighted by Crippen LogP contribution is -2.54. The minimum absolute atomic E-state index is 0.0159. The van der Waals surface area contributed by atoms with Crippen molar-refractivity contribution in [1.82, 2.24) is 69.6 Å². The number of anilines is 4. The number of esters is 1. The number of rotatable bonds is 20. The first-order chi connectivity index (χ1) is 60.6. The fourth-order valence-corrected chi connectivity index (χ4v) is 18.5. The third kappa shape index (κ3) is 23.8. The van der Waals surface area contributed by atoms with Crippen LogP contribution in [-0.4, -0.2) is 260 Å². The number of hydrogen-bond acceptors (Lipinski definition) is 28. The maximum Gasteiger partial charge on any atom is 0.407 e. The number of piperidine rings is 1. The molecule has 32 heteroatoms. The molecule has 5 aromatic heterocycles. The Morgan fingerprint density at radius 3 is 2.15 bits per heavy atom. The van der Waals surface area contributed by atoms with Crippen molar-refractivity contribution in [2.24, 2.45) is 23.7 Å². The van der Waals surface area contributed by atoms with Gasteiger partial charge in [-0.25, -0.2) is 44.2 Å². The highest BCUT2D eigenvalue weighted by Gasteiger charge is 2.42. The highest BCUT2D eigenvalue weighted by molar-refractivity contribution is 6.38. The monoisotopic (exact) mass is 1720 g/mol. The fourth-order valence-electron chi connectivity index (χ4n) is 18.5. The third-order valence-corrected chi connectivity index (χ3v) is 26.1. The predicted octanol–water partition coefficient (Wildman–Crippen LogP) is 10.4. The standard InChI is InChI=1S/C93H124N18O14/c1-59-14-9-8-10-15-60(2)80(119-6)48-72-16-13-18-79(122-72)84(114)88(116)110-30-12-11-17-75(110)89(117)123-73(49-81(120-7)63(5)45-62(4)77(113)50-76(112)61(3)44-59)27-22-64-20-25-71(26-21-64)124-93(118)100-53-66-51-96-91(97-52-66)107-36-32-105(33-37-107)40-42-121-43-41-106-34-38-108(39-35-106)92-98-54-70(55-99-92)87(115)109-31-29-67-46-65(19-23-69(67)57-109)56-111-86-82(85(94)101-58-102-86)83(104-111)68-24-28-78-74(47-68)103-90(95)125-78/h8-10,14-15,19,23-24,28,45-47,51-52,54-55,58-59,61,63-64,71-73,75,77,79-81,113H,11-13,16-18,20-22,25-27,29-44,48-50,53,56-57H2,1-7H3,(H2,95,103)(H,100,118)(H2,94,101,102)/b10-8?,14-9+,60-15?,62-45+/t59-,61-,63-,64?,71?,72?,73-,75+,77+,79?,80+,81-/m1/s1. The molecule has 1 aliphatic carbocycles. The number of allylic oxidation sites excluding steroid dienone is 5. The molecule has 6 N–H and O–H groups in total. The van der Waals surface area contributed by atoms with Crippen LogP contribution in [0.25, 0.3) is 33.4 Å². The van der Waals surface area contributed by atoms with Crippen molar-refractivity contribution in [3.05, 3.63) is 143 Å². The summed E-state index contributed by atoms with van der Waals surface area (Å²) in [5, 5.41) is 19.9. The molecule has 1 saturated carbocycles. The van der Waals surface area contributed by atoms with Gasteiger partial charge in [-0.3, -0.25) is 29.0 Å². The van der Waals surface area contributed by atoms with E-state index in [1.54, 1.807) is 39.0 Å². The van der Waals surface area contributed by atoms with Crippen LogP contribution in [0.15, 0.2) is 120 Å². The van der Waals surface area contributed by atoms with Gasteiger partial charge in [-0.05, 0) is 162 Å². The van der Waals surface area contributed by atoms with Crippen molar-refractivity contribution in [3.8, 4) is 11.3 Å². The van der Waals surface area contributed by atoms with Crippen molar-refractivity contribution < 1.29 is 66.7 Å². The van der Waals surface area contributed by atoms with Gasteiger partial charge in [0, 0.05) is 173 Å². The number of cyclic esters (lactones) is 1. The molecule has 2 bridgehead atoms. The van der Waals surface area contributed by atoms with Crippen molar-refractivity contribution >= 4 is 81.3 Å². The Kier molecular flexibility index (Phi) is 31.3. The van der Waals surface area contributed by atoms with E-state index in [1.807, 2.05) is 85.9 Å². The van der Waals surface area contributed by atoms with Gasteiger partial charge in [0.25, 0.3) is 17.8 Å². The number of methoxy groups -OCH3 is 2. The van der Waals surface area contributed by atoms with Crippen LogP contribution in [0.5, 0.6) is 0 Å². The molecule has 125 heavy (non-hydrogen) atoms. The molecule has 4 saturated heterocycles. The van der Waals surface area contributed by atoms with Gasteiger partial charge in [0.05, 0.1) is 55.1 Å². The maximum atomic E-state index is 14.6. The van der Waals surface area contributed by atoms with Crippen LogP contribution < -0.4 is 26.6 Å². The molecule has 3 amide bonds. The minimum atomic E-state index is -0.989. The molecule has 7 aliphatic rings. The molecule has 2 unspecified atom stereocenters. The van der Waals surface area contributed by atoms with Crippen molar-refractivity contribution in [2.75, 3.05) is 127 Å². The quantitative estimate of drug-likeness (QED) is 0.0238. The fraction of sp³-hybridized carbons (Fsp3) is 0.570. The van der Waals surface area contributed by atoms with E-state index >= 15 is 0 Å². The number of nitrogens with zero attached hydrogens (tertiary/aromatic N) is 15. The zero-order valence-corrected chi connectivity index (χ0v) is 73.4. The second-order valence-corrected chi connectivity index (χ2v) is 35.0.